The van der Waals surface area contributed by atoms with Gasteiger partial charge in [-0.05, 0) is 37.0 Å². The molecule has 132 valence electrons. The van der Waals surface area contributed by atoms with E-state index in [1.807, 2.05) is 6.92 Å². The molecule has 2 unspecified atom stereocenters. The van der Waals surface area contributed by atoms with Crippen molar-refractivity contribution in [2.45, 2.75) is 20.3 Å². The Kier molecular flexibility index (Phi) is 5.17. The summed E-state index contributed by atoms with van der Waals surface area (Å²) in [5.41, 5.74) is 1.39. The number of nitrogens with one attached hydrogen (secondary N) is 1. The van der Waals surface area contributed by atoms with E-state index in [4.69, 9.17) is 0 Å². The average Bonchev–Trinajstić information content (AvgIpc) is 2.46. The fourth-order valence-corrected chi connectivity index (χ4v) is 3.56. The Bertz CT molecular complexity index is 760. The first-order valence-electron chi connectivity index (χ1n) is 7.67. The lowest BCUT2D eigenvalue weighted by Gasteiger charge is -2.34. The zero-order valence-electron chi connectivity index (χ0n) is 13.9. The number of amides is 1. The molecule has 2 atom stereocenters. The quantitative estimate of drug-likeness (QED) is 0.854. The van der Waals surface area contributed by atoms with E-state index in [-0.39, 0.29) is 18.4 Å². The number of carboxylic acids is 1. The highest BCUT2D eigenvalue weighted by molar-refractivity contribution is 7.92. The maximum Gasteiger partial charge on any atom is 0.308 e. The van der Waals surface area contributed by atoms with Gasteiger partial charge in [0.1, 0.15) is 0 Å². The molecular formula is C16H22N2O5S. The van der Waals surface area contributed by atoms with Crippen LogP contribution in [-0.2, 0) is 14.8 Å². The normalized spacial score (nSPS) is 21.4. The van der Waals surface area contributed by atoms with Gasteiger partial charge in [-0.2, -0.15) is 0 Å². The smallest absolute Gasteiger partial charge is 0.308 e. The van der Waals surface area contributed by atoms with Crippen LogP contribution in [0, 0.1) is 18.8 Å². The van der Waals surface area contributed by atoms with Crippen LogP contribution < -0.4 is 4.72 Å². The zero-order valence-corrected chi connectivity index (χ0v) is 14.8. The molecule has 1 aliphatic rings. The summed E-state index contributed by atoms with van der Waals surface area (Å²) in [6.45, 7) is 4.32. The zero-order chi connectivity index (χ0) is 18.1. The predicted molar refractivity (Wildman–Crippen MR) is 90.5 cm³/mol. The van der Waals surface area contributed by atoms with Gasteiger partial charge in [0.25, 0.3) is 5.91 Å². The van der Waals surface area contributed by atoms with E-state index in [1.165, 1.54) is 11.0 Å². The second-order valence-electron chi connectivity index (χ2n) is 6.49. The lowest BCUT2D eigenvalue weighted by Crippen LogP contribution is -2.45. The summed E-state index contributed by atoms with van der Waals surface area (Å²) >= 11 is 0. The van der Waals surface area contributed by atoms with Crippen LogP contribution in [0.3, 0.4) is 0 Å². The van der Waals surface area contributed by atoms with Crippen LogP contribution in [0.4, 0.5) is 5.69 Å². The fraction of sp³-hybridized carbons (Fsp3) is 0.500. The summed E-state index contributed by atoms with van der Waals surface area (Å²) in [6, 6.07) is 4.79. The number of nitrogens with zero attached hydrogens (tertiary/aromatic N) is 1. The maximum absolute atomic E-state index is 12.7. The number of carbonyl (C=O) groups excluding carboxylic acids is 1. The Morgan fingerprint density at radius 2 is 1.96 bits per heavy atom. The monoisotopic (exact) mass is 354 g/mol. The van der Waals surface area contributed by atoms with Crippen LogP contribution in [0.5, 0.6) is 0 Å². The number of carboxylic acid groups (broad SMARTS) is 1. The summed E-state index contributed by atoms with van der Waals surface area (Å²) in [5.74, 6) is -1.66. The van der Waals surface area contributed by atoms with Gasteiger partial charge in [0.05, 0.1) is 17.9 Å². The van der Waals surface area contributed by atoms with Crippen LogP contribution in [-0.4, -0.2) is 49.6 Å². The molecule has 1 aromatic carbocycles. The minimum Gasteiger partial charge on any atom is -0.481 e. The molecule has 0 bridgehead atoms. The fourth-order valence-electron chi connectivity index (χ4n) is 2.94. The van der Waals surface area contributed by atoms with Crippen molar-refractivity contribution in [3.05, 3.63) is 29.3 Å². The minimum absolute atomic E-state index is 0.0999. The third kappa shape index (κ3) is 4.47. The molecule has 1 aliphatic heterocycles. The third-order valence-electron chi connectivity index (χ3n) is 4.08. The number of aliphatic carboxylic acids is 1. The maximum atomic E-state index is 12.7. The van der Waals surface area contributed by atoms with Gasteiger partial charge < -0.3 is 10.0 Å². The number of likely N-dealkylation sites (tertiary alicyclic amines) is 1. The van der Waals surface area contributed by atoms with Crippen LogP contribution in [0.25, 0.3) is 0 Å². The summed E-state index contributed by atoms with van der Waals surface area (Å²) in [4.78, 5) is 25.5. The molecule has 2 N–H and O–H groups in total. The SMILES string of the molecule is Cc1ccc(C(=O)N2CC(C)CC(C(=O)O)C2)cc1NS(C)(=O)=O. The molecule has 2 rings (SSSR count). The molecule has 0 saturated carbocycles. The second-order valence-corrected chi connectivity index (χ2v) is 8.24. The molecule has 0 aromatic heterocycles. The standard InChI is InChI=1S/C16H22N2O5S/c1-10-6-13(16(20)21)9-18(8-10)15(19)12-5-4-11(2)14(7-12)17-24(3,22)23/h4-5,7,10,13,17H,6,8-9H2,1-3H3,(H,20,21). The van der Waals surface area contributed by atoms with Crippen molar-refractivity contribution in [1.82, 2.24) is 4.90 Å². The lowest BCUT2D eigenvalue weighted by atomic mass is 9.90. The Morgan fingerprint density at radius 3 is 2.54 bits per heavy atom. The van der Waals surface area contributed by atoms with E-state index in [0.29, 0.717) is 29.8 Å². The molecule has 0 aliphatic carbocycles. The highest BCUT2D eigenvalue weighted by Gasteiger charge is 2.32. The summed E-state index contributed by atoms with van der Waals surface area (Å²) in [7, 11) is -3.45. The van der Waals surface area contributed by atoms with Gasteiger partial charge in [0, 0.05) is 18.7 Å². The Balaban J connectivity index is 2.26. The van der Waals surface area contributed by atoms with Gasteiger partial charge in [0.15, 0.2) is 0 Å². The van der Waals surface area contributed by atoms with E-state index in [9.17, 15) is 23.1 Å². The van der Waals surface area contributed by atoms with Crippen molar-refractivity contribution in [1.29, 1.82) is 0 Å². The molecule has 0 spiro atoms. The first kappa shape index (κ1) is 18.3. The lowest BCUT2D eigenvalue weighted by molar-refractivity contribution is -0.143. The summed E-state index contributed by atoms with van der Waals surface area (Å²) < 4.78 is 25.2. The molecule has 1 saturated heterocycles. The topological polar surface area (TPSA) is 104 Å². The highest BCUT2D eigenvalue weighted by atomic mass is 32.2. The molecular weight excluding hydrogens is 332 g/mol. The van der Waals surface area contributed by atoms with E-state index >= 15 is 0 Å². The van der Waals surface area contributed by atoms with Crippen LogP contribution in [0.1, 0.15) is 29.3 Å². The Morgan fingerprint density at radius 1 is 1.29 bits per heavy atom. The first-order valence-corrected chi connectivity index (χ1v) is 9.56. The van der Waals surface area contributed by atoms with Crippen molar-refractivity contribution in [3.63, 3.8) is 0 Å². The van der Waals surface area contributed by atoms with E-state index in [0.717, 1.165) is 6.26 Å². The van der Waals surface area contributed by atoms with Crippen LogP contribution in [0.2, 0.25) is 0 Å². The number of piperidine rings is 1. The average molecular weight is 354 g/mol. The molecule has 1 fully saturated rings. The van der Waals surface area contributed by atoms with Gasteiger partial charge in [-0.15, -0.1) is 0 Å². The van der Waals surface area contributed by atoms with Crippen molar-refractivity contribution in [3.8, 4) is 0 Å². The minimum atomic E-state index is -3.45. The molecule has 0 radical (unpaired) electrons. The van der Waals surface area contributed by atoms with E-state index in [2.05, 4.69) is 4.72 Å². The van der Waals surface area contributed by atoms with Crippen molar-refractivity contribution in [2.75, 3.05) is 24.1 Å². The number of sulfonamides is 1. The number of rotatable bonds is 4. The molecule has 7 nitrogen and oxygen atoms in total. The van der Waals surface area contributed by atoms with E-state index < -0.39 is 21.9 Å². The Hall–Kier alpha value is -2.09. The van der Waals surface area contributed by atoms with E-state index in [1.54, 1.807) is 19.1 Å². The van der Waals surface area contributed by atoms with Gasteiger partial charge in [-0.25, -0.2) is 8.42 Å². The molecule has 1 amide bonds. The van der Waals surface area contributed by atoms with Crippen LogP contribution in [0.15, 0.2) is 18.2 Å². The summed E-state index contributed by atoms with van der Waals surface area (Å²) in [5, 5.41) is 9.22. The number of hydrogen-bond acceptors (Lipinski definition) is 4. The third-order valence-corrected chi connectivity index (χ3v) is 4.67. The summed E-state index contributed by atoms with van der Waals surface area (Å²) in [6.07, 6.45) is 1.60. The highest BCUT2D eigenvalue weighted by Crippen LogP contribution is 2.25. The van der Waals surface area contributed by atoms with Gasteiger partial charge in [-0.1, -0.05) is 13.0 Å². The van der Waals surface area contributed by atoms with Crippen molar-refractivity contribution < 1.29 is 23.1 Å². The van der Waals surface area contributed by atoms with Gasteiger partial charge in [0.2, 0.25) is 10.0 Å². The Labute approximate surface area is 141 Å². The number of aryl methyl sites for hydroxylation is 1. The predicted octanol–water partition coefficient (Wildman–Crippen LogP) is 1.55. The number of benzene rings is 1. The molecule has 1 heterocycles. The largest absolute Gasteiger partial charge is 0.481 e. The van der Waals surface area contributed by atoms with Crippen molar-refractivity contribution >= 4 is 27.6 Å². The molecule has 24 heavy (non-hydrogen) atoms. The number of carbonyl (C=O) groups is 2. The second kappa shape index (κ2) is 6.80. The molecule has 1 aromatic rings. The van der Waals surface area contributed by atoms with Gasteiger partial charge in [-0.3, -0.25) is 14.3 Å². The van der Waals surface area contributed by atoms with Crippen molar-refractivity contribution in [2.24, 2.45) is 11.8 Å². The first-order chi connectivity index (χ1) is 11.1. The molecule has 8 heteroatoms. The van der Waals surface area contributed by atoms with Crippen LogP contribution >= 0.6 is 0 Å². The number of anilines is 1. The number of hydrogen-bond donors (Lipinski definition) is 2. The van der Waals surface area contributed by atoms with Gasteiger partial charge >= 0.3 is 5.97 Å².